The second-order valence-electron chi connectivity index (χ2n) is 3.88. The molecule has 1 aromatic carbocycles. The quantitative estimate of drug-likeness (QED) is 0.802. The molecule has 0 unspecified atom stereocenters. The molecule has 1 aromatic heterocycles. The fourth-order valence-electron chi connectivity index (χ4n) is 2.25. The molecule has 0 aliphatic carbocycles. The molecule has 0 saturated heterocycles. The van der Waals surface area contributed by atoms with Crippen LogP contribution in [-0.2, 0) is 6.54 Å². The Morgan fingerprint density at radius 3 is 2.71 bits per heavy atom. The van der Waals surface area contributed by atoms with E-state index in [2.05, 4.69) is 0 Å². The van der Waals surface area contributed by atoms with Crippen molar-refractivity contribution in [1.82, 2.24) is 4.57 Å². The number of carboxylic acids is 1. The Labute approximate surface area is 99.4 Å². The van der Waals surface area contributed by atoms with E-state index in [9.17, 15) is 9.90 Å². The Morgan fingerprint density at radius 1 is 1.47 bits per heavy atom. The van der Waals surface area contributed by atoms with Gasteiger partial charge in [0.1, 0.15) is 5.75 Å². The van der Waals surface area contributed by atoms with Gasteiger partial charge in [-0.25, -0.2) is 0 Å². The number of carboxylic acid groups (broad SMARTS) is 1. The van der Waals surface area contributed by atoms with Crippen LogP contribution in [0.1, 0.15) is 23.0 Å². The van der Waals surface area contributed by atoms with Gasteiger partial charge in [0.25, 0.3) is 0 Å². The minimum Gasteiger partial charge on any atom is -0.545 e. The second-order valence-corrected chi connectivity index (χ2v) is 3.88. The topological polar surface area (TPSA) is 54.3 Å². The standard InChI is InChI=1S/C13H15NO3/c1-4-14-8(2)12(13(15)16)10-7-9(17-3)5-6-11(10)14/h5-7H,4H2,1-3H3,(H,15,16)/p-1. The number of hydrogen-bond donors (Lipinski definition) is 0. The molecule has 90 valence electrons. The van der Waals surface area contributed by atoms with Crippen molar-refractivity contribution in [1.29, 1.82) is 0 Å². The molecule has 4 nitrogen and oxygen atoms in total. The highest BCUT2D eigenvalue weighted by Gasteiger charge is 2.14. The van der Waals surface area contributed by atoms with Crippen LogP contribution in [0.15, 0.2) is 18.2 Å². The molecule has 4 heteroatoms. The number of methoxy groups -OCH3 is 1. The number of benzene rings is 1. The lowest BCUT2D eigenvalue weighted by atomic mass is 10.1. The molecule has 0 aliphatic heterocycles. The van der Waals surface area contributed by atoms with Crippen LogP contribution >= 0.6 is 0 Å². The summed E-state index contributed by atoms with van der Waals surface area (Å²) >= 11 is 0. The Hall–Kier alpha value is -1.97. The number of carbonyl (C=O) groups excluding carboxylic acids is 1. The maximum Gasteiger partial charge on any atom is 0.119 e. The molecule has 0 bridgehead atoms. The van der Waals surface area contributed by atoms with Gasteiger partial charge in [-0.2, -0.15) is 0 Å². The molecule has 0 N–H and O–H groups in total. The van der Waals surface area contributed by atoms with Gasteiger partial charge < -0.3 is 19.2 Å². The third-order valence-electron chi connectivity index (χ3n) is 3.05. The number of carbonyl (C=O) groups is 1. The molecule has 0 amide bonds. The zero-order valence-electron chi connectivity index (χ0n) is 10.1. The maximum absolute atomic E-state index is 11.2. The van der Waals surface area contributed by atoms with Gasteiger partial charge in [-0.15, -0.1) is 0 Å². The van der Waals surface area contributed by atoms with Crippen LogP contribution in [0.4, 0.5) is 0 Å². The van der Waals surface area contributed by atoms with E-state index < -0.39 is 5.97 Å². The van der Waals surface area contributed by atoms with Gasteiger partial charge in [0.15, 0.2) is 0 Å². The first-order valence-electron chi connectivity index (χ1n) is 5.48. The molecule has 0 radical (unpaired) electrons. The predicted octanol–water partition coefficient (Wildman–Crippen LogP) is 1.34. The van der Waals surface area contributed by atoms with Gasteiger partial charge in [0.2, 0.25) is 0 Å². The average Bonchev–Trinajstić information content (AvgIpc) is 2.59. The second kappa shape index (κ2) is 4.13. The monoisotopic (exact) mass is 232 g/mol. The normalized spacial score (nSPS) is 10.8. The van der Waals surface area contributed by atoms with Crippen molar-refractivity contribution in [3.8, 4) is 5.75 Å². The minimum absolute atomic E-state index is 0.251. The molecular formula is C13H14NO3-. The van der Waals surface area contributed by atoms with E-state index in [4.69, 9.17) is 4.74 Å². The predicted molar refractivity (Wildman–Crippen MR) is 63.2 cm³/mol. The highest BCUT2D eigenvalue weighted by molar-refractivity contribution is 6.04. The molecule has 2 aromatic rings. The lowest BCUT2D eigenvalue weighted by Gasteiger charge is -2.04. The molecule has 0 saturated carbocycles. The van der Waals surface area contributed by atoms with E-state index >= 15 is 0 Å². The van der Waals surface area contributed by atoms with Crippen LogP contribution in [0.2, 0.25) is 0 Å². The van der Waals surface area contributed by atoms with Gasteiger partial charge in [0, 0.05) is 28.7 Å². The fourth-order valence-corrected chi connectivity index (χ4v) is 2.25. The van der Waals surface area contributed by atoms with E-state index in [0.29, 0.717) is 11.1 Å². The van der Waals surface area contributed by atoms with Crippen molar-refractivity contribution in [2.75, 3.05) is 7.11 Å². The van der Waals surface area contributed by atoms with E-state index in [1.807, 2.05) is 23.6 Å². The summed E-state index contributed by atoms with van der Waals surface area (Å²) < 4.78 is 7.08. The smallest absolute Gasteiger partial charge is 0.119 e. The van der Waals surface area contributed by atoms with Crippen LogP contribution in [0.25, 0.3) is 10.9 Å². The molecular weight excluding hydrogens is 218 g/mol. The average molecular weight is 232 g/mol. The number of rotatable bonds is 3. The summed E-state index contributed by atoms with van der Waals surface area (Å²) in [4.78, 5) is 11.2. The van der Waals surface area contributed by atoms with Crippen molar-refractivity contribution < 1.29 is 14.6 Å². The van der Waals surface area contributed by atoms with Gasteiger partial charge in [-0.1, -0.05) is 0 Å². The number of aromatic nitrogens is 1. The summed E-state index contributed by atoms with van der Waals surface area (Å²) in [5.74, 6) is -0.499. The lowest BCUT2D eigenvalue weighted by molar-refractivity contribution is -0.254. The summed E-state index contributed by atoms with van der Waals surface area (Å²) in [5, 5.41) is 11.9. The fraction of sp³-hybridized carbons (Fsp3) is 0.308. The van der Waals surface area contributed by atoms with E-state index in [1.54, 1.807) is 20.1 Å². The van der Waals surface area contributed by atoms with Crippen molar-refractivity contribution in [3.63, 3.8) is 0 Å². The van der Waals surface area contributed by atoms with Crippen LogP contribution in [0.3, 0.4) is 0 Å². The van der Waals surface area contributed by atoms with Crippen molar-refractivity contribution >= 4 is 16.9 Å². The van der Waals surface area contributed by atoms with Crippen LogP contribution in [0.5, 0.6) is 5.75 Å². The molecule has 17 heavy (non-hydrogen) atoms. The zero-order valence-corrected chi connectivity index (χ0v) is 10.1. The summed E-state index contributed by atoms with van der Waals surface area (Å²) in [7, 11) is 1.56. The van der Waals surface area contributed by atoms with E-state index in [0.717, 1.165) is 17.8 Å². The lowest BCUT2D eigenvalue weighted by Crippen LogP contribution is -2.23. The number of hydrogen-bond acceptors (Lipinski definition) is 3. The number of fused-ring (bicyclic) bond motifs is 1. The molecule has 0 aliphatic rings. The van der Waals surface area contributed by atoms with E-state index in [-0.39, 0.29) is 5.56 Å². The Bertz CT molecular complexity index is 584. The van der Waals surface area contributed by atoms with Crippen LogP contribution < -0.4 is 9.84 Å². The number of aromatic carboxylic acids is 1. The molecule has 2 rings (SSSR count). The van der Waals surface area contributed by atoms with Gasteiger partial charge in [-0.3, -0.25) is 0 Å². The largest absolute Gasteiger partial charge is 0.545 e. The summed E-state index contributed by atoms with van der Waals surface area (Å²) in [5.41, 5.74) is 1.86. The highest BCUT2D eigenvalue weighted by Crippen LogP contribution is 2.28. The zero-order chi connectivity index (χ0) is 12.6. The summed E-state index contributed by atoms with van der Waals surface area (Å²) in [6, 6.07) is 5.43. The third kappa shape index (κ3) is 1.65. The summed E-state index contributed by atoms with van der Waals surface area (Å²) in [6.45, 7) is 4.50. The number of aryl methyl sites for hydroxylation is 1. The van der Waals surface area contributed by atoms with Crippen molar-refractivity contribution in [3.05, 3.63) is 29.5 Å². The first kappa shape index (κ1) is 11.5. The minimum atomic E-state index is -1.15. The van der Waals surface area contributed by atoms with E-state index in [1.165, 1.54) is 0 Å². The Morgan fingerprint density at radius 2 is 2.18 bits per heavy atom. The molecule has 0 fully saturated rings. The highest BCUT2D eigenvalue weighted by atomic mass is 16.5. The van der Waals surface area contributed by atoms with Crippen molar-refractivity contribution in [2.45, 2.75) is 20.4 Å². The van der Waals surface area contributed by atoms with Crippen LogP contribution in [-0.4, -0.2) is 17.6 Å². The Balaban J connectivity index is 2.86. The maximum atomic E-state index is 11.2. The number of nitrogens with zero attached hydrogens (tertiary/aromatic N) is 1. The van der Waals surface area contributed by atoms with Gasteiger partial charge in [-0.05, 0) is 32.0 Å². The van der Waals surface area contributed by atoms with Crippen molar-refractivity contribution in [2.24, 2.45) is 0 Å². The first-order valence-corrected chi connectivity index (χ1v) is 5.48. The third-order valence-corrected chi connectivity index (χ3v) is 3.05. The SMILES string of the molecule is CCn1c(C)c(C(=O)[O-])c2cc(OC)ccc21. The molecule has 1 heterocycles. The molecule has 0 spiro atoms. The van der Waals surface area contributed by atoms with Gasteiger partial charge >= 0.3 is 0 Å². The number of ether oxygens (including phenoxy) is 1. The van der Waals surface area contributed by atoms with Gasteiger partial charge in [0.05, 0.1) is 13.1 Å². The van der Waals surface area contributed by atoms with Crippen LogP contribution in [0, 0.1) is 6.92 Å². The summed E-state index contributed by atoms with van der Waals surface area (Å²) in [6.07, 6.45) is 0. The Kier molecular flexibility index (Phi) is 2.79. The first-order chi connectivity index (χ1) is 8.10. The molecule has 0 atom stereocenters.